The van der Waals surface area contributed by atoms with Gasteiger partial charge in [0.1, 0.15) is 0 Å². The summed E-state index contributed by atoms with van der Waals surface area (Å²) in [7, 11) is 0. The van der Waals surface area contributed by atoms with Crippen LogP contribution in [0.4, 0.5) is 0 Å². The van der Waals surface area contributed by atoms with Gasteiger partial charge in [0.15, 0.2) is 5.82 Å². The minimum absolute atomic E-state index is 0.702. The minimum atomic E-state index is 0.702. The fraction of sp³-hybridized carbons (Fsp3) is 0. The van der Waals surface area contributed by atoms with Crippen LogP contribution in [0.5, 0.6) is 0 Å². The molecule has 12 rings (SSSR count). The van der Waals surface area contributed by atoms with Crippen molar-refractivity contribution < 1.29 is 0 Å². The molecule has 0 amide bonds. The Kier molecular flexibility index (Phi) is 10.2. The zero-order valence-electron chi connectivity index (χ0n) is 36.5. The molecule has 9 aromatic carbocycles. The standard InChI is InChI=1S/C63H42N4/c1-6-18-43(19-7-1)57-40-53(41-58(64-57)44-20-8-2-9-21-44)49-28-16-26-47(36-49)50-32-34-61-55(38-50)56-39-51(33-35-62(56)67(61)54-30-14-5-15-31-54)48-27-17-29-52(37-48)60-42-59(45-22-10-3-11-23-45)65-63(66-60)46-24-12-4-13-25-46/h1-42H. The summed E-state index contributed by atoms with van der Waals surface area (Å²) in [5.41, 5.74) is 19.2. The molecule has 0 aliphatic heterocycles. The number of para-hydroxylation sites is 1. The fourth-order valence-electron chi connectivity index (χ4n) is 9.25. The summed E-state index contributed by atoms with van der Waals surface area (Å²) >= 11 is 0. The number of nitrogens with zero attached hydrogens (tertiary/aromatic N) is 4. The van der Waals surface area contributed by atoms with Gasteiger partial charge in [-0.2, -0.15) is 0 Å². The Morgan fingerprint density at radius 2 is 0.582 bits per heavy atom. The van der Waals surface area contributed by atoms with Crippen LogP contribution in [0.2, 0.25) is 0 Å². The molecule has 0 radical (unpaired) electrons. The summed E-state index contributed by atoms with van der Waals surface area (Å²) in [6.45, 7) is 0. The monoisotopic (exact) mass is 854 g/mol. The number of benzene rings is 9. The van der Waals surface area contributed by atoms with E-state index >= 15 is 0 Å². The maximum absolute atomic E-state index is 5.14. The van der Waals surface area contributed by atoms with E-state index in [2.05, 4.69) is 223 Å². The van der Waals surface area contributed by atoms with E-state index in [9.17, 15) is 0 Å². The van der Waals surface area contributed by atoms with E-state index in [1.54, 1.807) is 0 Å². The highest BCUT2D eigenvalue weighted by Gasteiger charge is 2.17. The van der Waals surface area contributed by atoms with Gasteiger partial charge in [-0.25, -0.2) is 15.0 Å². The lowest BCUT2D eigenvalue weighted by atomic mass is 9.95. The van der Waals surface area contributed by atoms with Crippen molar-refractivity contribution in [1.29, 1.82) is 0 Å². The second-order valence-electron chi connectivity index (χ2n) is 16.8. The average Bonchev–Trinajstić information content (AvgIpc) is 3.75. The van der Waals surface area contributed by atoms with E-state index in [1.165, 1.54) is 10.8 Å². The molecule has 0 saturated heterocycles. The topological polar surface area (TPSA) is 43.6 Å². The summed E-state index contributed by atoms with van der Waals surface area (Å²) in [4.78, 5) is 15.3. The second-order valence-corrected chi connectivity index (χ2v) is 16.8. The van der Waals surface area contributed by atoms with Crippen molar-refractivity contribution in [1.82, 2.24) is 19.5 Å². The van der Waals surface area contributed by atoms with Crippen molar-refractivity contribution in [3.8, 4) is 95.5 Å². The Balaban J connectivity index is 0.972. The maximum atomic E-state index is 5.14. The molecule has 0 aliphatic carbocycles. The Morgan fingerprint density at radius 1 is 0.224 bits per heavy atom. The first-order valence-electron chi connectivity index (χ1n) is 22.7. The van der Waals surface area contributed by atoms with Gasteiger partial charge in [0.2, 0.25) is 0 Å². The van der Waals surface area contributed by atoms with Crippen molar-refractivity contribution in [2.24, 2.45) is 0 Å². The number of aromatic nitrogens is 4. The van der Waals surface area contributed by atoms with Crippen LogP contribution in [0, 0.1) is 0 Å². The lowest BCUT2D eigenvalue weighted by molar-refractivity contribution is 1.18. The zero-order valence-corrected chi connectivity index (χ0v) is 36.5. The van der Waals surface area contributed by atoms with Crippen LogP contribution in [0.1, 0.15) is 0 Å². The first kappa shape index (κ1) is 39.6. The van der Waals surface area contributed by atoms with Crippen molar-refractivity contribution in [2.75, 3.05) is 0 Å². The smallest absolute Gasteiger partial charge is 0.160 e. The third-order valence-corrected chi connectivity index (χ3v) is 12.6. The number of hydrogen-bond acceptors (Lipinski definition) is 3. The molecule has 314 valence electrons. The predicted octanol–water partition coefficient (Wildman–Crippen LogP) is 16.3. The van der Waals surface area contributed by atoms with Gasteiger partial charge in [0.25, 0.3) is 0 Å². The highest BCUT2D eigenvalue weighted by Crippen LogP contribution is 2.39. The summed E-state index contributed by atoms with van der Waals surface area (Å²) in [6.07, 6.45) is 0. The van der Waals surface area contributed by atoms with E-state index < -0.39 is 0 Å². The van der Waals surface area contributed by atoms with Crippen LogP contribution in [0.15, 0.2) is 255 Å². The van der Waals surface area contributed by atoms with Gasteiger partial charge in [-0.3, -0.25) is 0 Å². The Bertz CT molecular complexity index is 3370. The Labute approximate surface area is 389 Å². The van der Waals surface area contributed by atoms with Crippen LogP contribution < -0.4 is 0 Å². The molecule has 0 unspecified atom stereocenters. The molecule has 4 heteroatoms. The average molecular weight is 855 g/mol. The molecule has 0 N–H and O–H groups in total. The normalized spacial score (nSPS) is 11.3. The molecule has 0 aliphatic rings. The lowest BCUT2D eigenvalue weighted by Crippen LogP contribution is -1.96. The molecule has 0 bridgehead atoms. The fourth-order valence-corrected chi connectivity index (χ4v) is 9.25. The summed E-state index contributed by atoms with van der Waals surface area (Å²) in [5.74, 6) is 0.702. The van der Waals surface area contributed by atoms with Crippen molar-refractivity contribution >= 4 is 21.8 Å². The van der Waals surface area contributed by atoms with Crippen molar-refractivity contribution in [3.63, 3.8) is 0 Å². The number of rotatable bonds is 9. The second kappa shape index (κ2) is 17.2. The first-order chi connectivity index (χ1) is 33.2. The maximum Gasteiger partial charge on any atom is 0.160 e. The van der Waals surface area contributed by atoms with E-state index in [-0.39, 0.29) is 0 Å². The van der Waals surface area contributed by atoms with E-state index in [4.69, 9.17) is 15.0 Å². The van der Waals surface area contributed by atoms with E-state index in [1.807, 2.05) is 36.4 Å². The molecule has 0 spiro atoms. The molecule has 0 saturated carbocycles. The minimum Gasteiger partial charge on any atom is -0.309 e. The summed E-state index contributed by atoms with van der Waals surface area (Å²) in [6, 6.07) is 90.0. The molecule has 0 atom stereocenters. The van der Waals surface area contributed by atoms with Crippen LogP contribution >= 0.6 is 0 Å². The molecule has 67 heavy (non-hydrogen) atoms. The number of fused-ring (bicyclic) bond motifs is 3. The molecule has 4 nitrogen and oxygen atoms in total. The summed E-state index contributed by atoms with van der Waals surface area (Å²) in [5, 5.41) is 2.38. The lowest BCUT2D eigenvalue weighted by Gasteiger charge is -2.12. The quantitative estimate of drug-likeness (QED) is 0.145. The highest BCUT2D eigenvalue weighted by molar-refractivity contribution is 6.11. The van der Waals surface area contributed by atoms with E-state index in [0.29, 0.717) is 5.82 Å². The van der Waals surface area contributed by atoms with Crippen LogP contribution in [-0.4, -0.2) is 19.5 Å². The van der Waals surface area contributed by atoms with Crippen LogP contribution in [-0.2, 0) is 0 Å². The predicted molar refractivity (Wildman–Crippen MR) is 278 cm³/mol. The number of hydrogen-bond donors (Lipinski definition) is 0. The highest BCUT2D eigenvalue weighted by atomic mass is 15.0. The molecule has 0 fully saturated rings. The van der Waals surface area contributed by atoms with Gasteiger partial charge >= 0.3 is 0 Å². The van der Waals surface area contributed by atoms with Crippen LogP contribution in [0.3, 0.4) is 0 Å². The van der Waals surface area contributed by atoms with Gasteiger partial charge in [-0.15, -0.1) is 0 Å². The first-order valence-corrected chi connectivity index (χ1v) is 22.7. The van der Waals surface area contributed by atoms with Gasteiger partial charge in [-0.05, 0) is 100 Å². The third-order valence-electron chi connectivity index (χ3n) is 12.6. The van der Waals surface area contributed by atoms with Crippen LogP contribution in [0.25, 0.3) is 117 Å². The van der Waals surface area contributed by atoms with Crippen molar-refractivity contribution in [2.45, 2.75) is 0 Å². The number of pyridine rings is 1. The van der Waals surface area contributed by atoms with Gasteiger partial charge in [-0.1, -0.05) is 188 Å². The third kappa shape index (κ3) is 7.77. The zero-order chi connectivity index (χ0) is 44.5. The van der Waals surface area contributed by atoms with E-state index in [0.717, 1.165) is 101 Å². The molecule has 12 aromatic rings. The summed E-state index contributed by atoms with van der Waals surface area (Å²) < 4.78 is 2.38. The Morgan fingerprint density at radius 3 is 1.07 bits per heavy atom. The largest absolute Gasteiger partial charge is 0.309 e. The molecular formula is C63H42N4. The SMILES string of the molecule is c1ccc(-c2cc(-c3cccc(-c4ccc5c(c4)c4cc(-c6cccc(-c7cc(-c8ccccc8)nc(-c8ccccc8)n7)c6)ccc4n5-c4ccccc4)c3)cc(-c3ccccc3)n2)cc1. The van der Waals surface area contributed by atoms with Gasteiger partial charge in [0, 0.05) is 44.3 Å². The van der Waals surface area contributed by atoms with Gasteiger partial charge < -0.3 is 4.57 Å². The molecule has 3 aromatic heterocycles. The molecule has 3 heterocycles. The van der Waals surface area contributed by atoms with Crippen molar-refractivity contribution in [3.05, 3.63) is 255 Å². The van der Waals surface area contributed by atoms with Gasteiger partial charge in [0.05, 0.1) is 33.8 Å². The molecular weight excluding hydrogens is 813 g/mol. The Hall–Kier alpha value is -8.99.